The number of piperidine rings is 1. The van der Waals surface area contributed by atoms with E-state index in [9.17, 15) is 4.79 Å². The lowest BCUT2D eigenvalue weighted by Crippen LogP contribution is -2.48. The summed E-state index contributed by atoms with van der Waals surface area (Å²) in [6, 6.07) is 11.4. The van der Waals surface area contributed by atoms with Gasteiger partial charge >= 0.3 is 0 Å². The molecule has 2 unspecified atom stereocenters. The van der Waals surface area contributed by atoms with Gasteiger partial charge in [0.05, 0.1) is 6.04 Å². The second kappa shape index (κ2) is 12.5. The second-order valence-corrected chi connectivity index (χ2v) is 8.42. The molecule has 0 aromatic heterocycles. The van der Waals surface area contributed by atoms with Crippen molar-refractivity contribution in [3.8, 4) is 0 Å². The molecule has 0 bridgehead atoms. The molecule has 2 N–H and O–H groups in total. The topological polar surface area (TPSA) is 60.0 Å². The van der Waals surface area contributed by atoms with Crippen molar-refractivity contribution < 1.29 is 4.79 Å². The van der Waals surface area contributed by atoms with E-state index in [1.807, 2.05) is 18.9 Å². The zero-order valence-corrected chi connectivity index (χ0v) is 21.0. The van der Waals surface area contributed by atoms with Crippen LogP contribution in [0.2, 0.25) is 0 Å². The lowest BCUT2D eigenvalue weighted by Gasteiger charge is -2.37. The third-order valence-electron chi connectivity index (χ3n) is 6.31. The van der Waals surface area contributed by atoms with E-state index in [0.29, 0.717) is 12.5 Å². The Morgan fingerprint density at radius 2 is 1.87 bits per heavy atom. The van der Waals surface area contributed by atoms with Crippen LogP contribution in [-0.4, -0.2) is 67.5 Å². The number of likely N-dealkylation sites (tertiary alicyclic amines) is 2. The minimum Gasteiger partial charge on any atom is -0.354 e. The number of aliphatic imine (C=N–C) groups is 1. The van der Waals surface area contributed by atoms with Crippen LogP contribution >= 0.6 is 24.0 Å². The zero-order valence-electron chi connectivity index (χ0n) is 18.6. The molecule has 1 aromatic carbocycles. The first-order valence-corrected chi connectivity index (χ1v) is 11.1. The van der Waals surface area contributed by atoms with E-state index >= 15 is 0 Å². The molecule has 2 heterocycles. The van der Waals surface area contributed by atoms with Crippen molar-refractivity contribution in [2.75, 3.05) is 39.8 Å². The number of hydrogen-bond donors (Lipinski definition) is 2. The van der Waals surface area contributed by atoms with E-state index in [2.05, 4.69) is 57.8 Å². The van der Waals surface area contributed by atoms with E-state index in [0.717, 1.165) is 51.0 Å². The van der Waals surface area contributed by atoms with Crippen LogP contribution < -0.4 is 10.6 Å². The molecule has 3 rings (SSSR count). The van der Waals surface area contributed by atoms with Crippen LogP contribution in [0.15, 0.2) is 35.3 Å². The first kappa shape index (κ1) is 24.9. The number of carbonyl (C=O) groups is 1. The van der Waals surface area contributed by atoms with Gasteiger partial charge in [0.1, 0.15) is 0 Å². The second-order valence-electron chi connectivity index (χ2n) is 8.42. The summed E-state index contributed by atoms with van der Waals surface area (Å²) in [6.07, 6.45) is 4.07. The lowest BCUT2D eigenvalue weighted by atomic mass is 9.95. The summed E-state index contributed by atoms with van der Waals surface area (Å²) in [6.45, 7) is 8.99. The summed E-state index contributed by atoms with van der Waals surface area (Å²) in [7, 11) is 1.82. The Hall–Kier alpha value is -1.35. The molecule has 30 heavy (non-hydrogen) atoms. The van der Waals surface area contributed by atoms with Crippen LogP contribution in [-0.2, 0) is 4.79 Å². The molecule has 0 aliphatic carbocycles. The highest BCUT2D eigenvalue weighted by Gasteiger charge is 2.27. The number of carbonyl (C=O) groups excluding carboxylic acids is 1. The molecule has 1 aromatic rings. The maximum absolute atomic E-state index is 11.9. The van der Waals surface area contributed by atoms with Crippen molar-refractivity contribution in [3.05, 3.63) is 35.9 Å². The largest absolute Gasteiger partial charge is 0.354 e. The van der Waals surface area contributed by atoms with Gasteiger partial charge in [-0.25, -0.2) is 0 Å². The average Bonchev–Trinajstić information content (AvgIpc) is 3.23. The number of guanidine groups is 1. The molecule has 2 atom stereocenters. The molecular weight excluding hydrogens is 489 g/mol. The highest BCUT2D eigenvalue weighted by atomic mass is 127. The molecule has 0 saturated carbocycles. The van der Waals surface area contributed by atoms with Crippen LogP contribution in [0.25, 0.3) is 0 Å². The Labute approximate surface area is 198 Å². The van der Waals surface area contributed by atoms with E-state index in [-0.39, 0.29) is 35.9 Å². The van der Waals surface area contributed by atoms with E-state index in [4.69, 9.17) is 0 Å². The summed E-state index contributed by atoms with van der Waals surface area (Å²) in [4.78, 5) is 20.9. The highest BCUT2D eigenvalue weighted by molar-refractivity contribution is 14.0. The van der Waals surface area contributed by atoms with E-state index in [1.165, 1.54) is 18.4 Å². The maximum Gasteiger partial charge on any atom is 0.222 e. The standard InChI is InChI=1S/C23H37N5O.HI/c1-4-22(29)28-15-12-20(17-28)26-23(24-3)25-16-21(19-8-6-5-7-9-19)27-13-10-18(2)11-14-27;/h5-9,18,20-21H,4,10-17H2,1-3H3,(H2,24,25,26);1H. The number of amides is 1. The molecule has 2 saturated heterocycles. The lowest BCUT2D eigenvalue weighted by molar-refractivity contribution is -0.129. The van der Waals surface area contributed by atoms with Gasteiger partial charge in [0.2, 0.25) is 5.91 Å². The molecule has 1 amide bonds. The van der Waals surface area contributed by atoms with Gasteiger partial charge in [0, 0.05) is 39.1 Å². The van der Waals surface area contributed by atoms with Crippen LogP contribution in [0.5, 0.6) is 0 Å². The fourth-order valence-electron chi connectivity index (χ4n) is 4.38. The van der Waals surface area contributed by atoms with E-state index < -0.39 is 0 Å². The van der Waals surface area contributed by atoms with Gasteiger partial charge in [-0.05, 0) is 43.8 Å². The normalized spacial score (nSPS) is 21.8. The predicted octanol–water partition coefficient (Wildman–Crippen LogP) is 3.25. The smallest absolute Gasteiger partial charge is 0.222 e. The SMILES string of the molecule is CCC(=O)N1CCC(NC(=NC)NCC(c2ccccc2)N2CCC(C)CC2)C1.I. The van der Waals surface area contributed by atoms with Gasteiger partial charge in [0.25, 0.3) is 0 Å². The number of nitrogens with one attached hydrogen (secondary N) is 2. The highest BCUT2D eigenvalue weighted by Crippen LogP contribution is 2.26. The molecule has 168 valence electrons. The van der Waals surface area contributed by atoms with Crippen LogP contribution in [0, 0.1) is 5.92 Å². The van der Waals surface area contributed by atoms with Crippen molar-refractivity contribution in [1.82, 2.24) is 20.4 Å². The first-order chi connectivity index (χ1) is 14.1. The Balaban J connectivity index is 0.00000320. The minimum atomic E-state index is 0. The Kier molecular flexibility index (Phi) is 10.4. The Morgan fingerprint density at radius 1 is 1.17 bits per heavy atom. The molecule has 0 radical (unpaired) electrons. The number of hydrogen-bond acceptors (Lipinski definition) is 3. The predicted molar refractivity (Wildman–Crippen MR) is 134 cm³/mol. The van der Waals surface area contributed by atoms with Gasteiger partial charge in [-0.1, -0.05) is 44.2 Å². The molecule has 2 aliphatic heterocycles. The molecule has 0 spiro atoms. The Morgan fingerprint density at radius 3 is 2.50 bits per heavy atom. The van der Waals surface area contributed by atoms with Crippen molar-refractivity contribution in [3.63, 3.8) is 0 Å². The van der Waals surface area contributed by atoms with Crippen molar-refractivity contribution in [1.29, 1.82) is 0 Å². The summed E-state index contributed by atoms with van der Waals surface area (Å²) in [5, 5.41) is 7.07. The van der Waals surface area contributed by atoms with Gasteiger partial charge in [0.15, 0.2) is 5.96 Å². The number of rotatable bonds is 6. The Bertz CT molecular complexity index is 675. The first-order valence-electron chi connectivity index (χ1n) is 11.1. The molecular formula is C23H38IN5O. The fourth-order valence-corrected chi connectivity index (χ4v) is 4.38. The molecule has 7 heteroatoms. The molecule has 2 fully saturated rings. The summed E-state index contributed by atoms with van der Waals surface area (Å²) in [5.74, 6) is 1.88. The number of benzene rings is 1. The van der Waals surface area contributed by atoms with Crippen LogP contribution in [0.3, 0.4) is 0 Å². The summed E-state index contributed by atoms with van der Waals surface area (Å²) < 4.78 is 0. The van der Waals surface area contributed by atoms with Crippen molar-refractivity contribution >= 4 is 35.8 Å². The number of nitrogens with zero attached hydrogens (tertiary/aromatic N) is 3. The minimum absolute atomic E-state index is 0. The van der Waals surface area contributed by atoms with Gasteiger partial charge in [-0.15, -0.1) is 24.0 Å². The quantitative estimate of drug-likeness (QED) is 0.339. The van der Waals surface area contributed by atoms with Gasteiger partial charge in [-0.3, -0.25) is 14.7 Å². The average molecular weight is 527 g/mol. The van der Waals surface area contributed by atoms with Crippen molar-refractivity contribution in [2.45, 2.75) is 51.6 Å². The summed E-state index contributed by atoms with van der Waals surface area (Å²) in [5.41, 5.74) is 1.35. The monoisotopic (exact) mass is 527 g/mol. The third kappa shape index (κ3) is 6.83. The fraction of sp³-hybridized carbons (Fsp3) is 0.652. The third-order valence-corrected chi connectivity index (χ3v) is 6.31. The van der Waals surface area contributed by atoms with Gasteiger partial charge in [-0.2, -0.15) is 0 Å². The van der Waals surface area contributed by atoms with Crippen LogP contribution in [0.1, 0.15) is 51.1 Å². The molecule has 2 aliphatic rings. The zero-order chi connectivity index (χ0) is 20.6. The maximum atomic E-state index is 11.9. The molecule has 6 nitrogen and oxygen atoms in total. The van der Waals surface area contributed by atoms with Crippen LogP contribution in [0.4, 0.5) is 0 Å². The summed E-state index contributed by atoms with van der Waals surface area (Å²) >= 11 is 0. The van der Waals surface area contributed by atoms with Gasteiger partial charge < -0.3 is 15.5 Å². The van der Waals surface area contributed by atoms with Crippen molar-refractivity contribution in [2.24, 2.45) is 10.9 Å². The van der Waals surface area contributed by atoms with E-state index in [1.54, 1.807) is 0 Å². The number of halogens is 1.